The van der Waals surface area contributed by atoms with Gasteiger partial charge in [-0.3, -0.25) is 4.79 Å². The highest BCUT2D eigenvalue weighted by atomic mass is 35.5. The van der Waals surface area contributed by atoms with E-state index in [4.69, 9.17) is 4.52 Å². The molecule has 1 fully saturated rings. The van der Waals surface area contributed by atoms with Gasteiger partial charge in [0.25, 0.3) is 0 Å². The summed E-state index contributed by atoms with van der Waals surface area (Å²) in [6, 6.07) is 9.80. The van der Waals surface area contributed by atoms with Crippen molar-refractivity contribution in [3.05, 3.63) is 42.0 Å². The molecule has 1 saturated heterocycles. The van der Waals surface area contributed by atoms with Gasteiger partial charge in [-0.25, -0.2) is 0 Å². The first-order valence-corrected chi connectivity index (χ1v) is 7.61. The summed E-state index contributed by atoms with van der Waals surface area (Å²) < 4.78 is 5.33. The first kappa shape index (κ1) is 17.4. The number of rotatable bonds is 4. The molecule has 2 aromatic rings. The van der Waals surface area contributed by atoms with Crippen LogP contribution in [0.3, 0.4) is 0 Å². The highest BCUT2D eigenvalue weighted by Gasteiger charge is 2.25. The summed E-state index contributed by atoms with van der Waals surface area (Å²) >= 11 is 0. The van der Waals surface area contributed by atoms with E-state index in [-0.39, 0.29) is 30.7 Å². The quantitative estimate of drug-likeness (QED) is 0.896. The zero-order valence-electron chi connectivity index (χ0n) is 13.0. The Bertz CT molecular complexity index is 632. The molecule has 0 bridgehead atoms. The molecule has 0 radical (unpaired) electrons. The summed E-state index contributed by atoms with van der Waals surface area (Å²) in [4.78, 5) is 16.4. The minimum absolute atomic E-state index is 0. The molecule has 7 heteroatoms. The average molecular weight is 337 g/mol. The van der Waals surface area contributed by atoms with E-state index in [1.165, 1.54) is 0 Å². The molecule has 1 aromatic carbocycles. The number of halogens is 1. The first-order chi connectivity index (χ1) is 10.7. The molecule has 1 aromatic heterocycles. The molecule has 6 nitrogen and oxygen atoms in total. The average Bonchev–Trinajstić information content (AvgIpc) is 2.96. The first-order valence-electron chi connectivity index (χ1n) is 7.61. The largest absolute Gasteiger partial charge is 0.339 e. The number of para-hydroxylation sites is 1. The Morgan fingerprint density at radius 2 is 2.17 bits per heavy atom. The fourth-order valence-corrected chi connectivity index (χ4v) is 2.73. The summed E-state index contributed by atoms with van der Waals surface area (Å²) in [6.45, 7) is 3.11. The van der Waals surface area contributed by atoms with Crippen LogP contribution in [-0.2, 0) is 11.2 Å². The van der Waals surface area contributed by atoms with E-state index in [0.29, 0.717) is 17.8 Å². The van der Waals surface area contributed by atoms with Gasteiger partial charge in [-0.2, -0.15) is 4.98 Å². The fourth-order valence-electron chi connectivity index (χ4n) is 2.73. The molecule has 1 aliphatic heterocycles. The van der Waals surface area contributed by atoms with Crippen molar-refractivity contribution in [3.63, 3.8) is 0 Å². The van der Waals surface area contributed by atoms with Gasteiger partial charge in [0.1, 0.15) is 0 Å². The van der Waals surface area contributed by atoms with Crippen molar-refractivity contribution in [2.75, 3.05) is 11.9 Å². The molecule has 0 saturated carbocycles. The lowest BCUT2D eigenvalue weighted by Crippen LogP contribution is -2.34. The van der Waals surface area contributed by atoms with E-state index in [1.54, 1.807) is 0 Å². The number of benzene rings is 1. The maximum absolute atomic E-state index is 12.0. The van der Waals surface area contributed by atoms with Gasteiger partial charge >= 0.3 is 0 Å². The lowest BCUT2D eigenvalue weighted by Gasteiger charge is -2.25. The number of carbonyl (C=O) groups is 1. The summed E-state index contributed by atoms with van der Waals surface area (Å²) in [6.07, 6.45) is 2.10. The van der Waals surface area contributed by atoms with Gasteiger partial charge in [0.2, 0.25) is 11.8 Å². The van der Waals surface area contributed by atoms with Crippen LogP contribution in [0.5, 0.6) is 0 Å². The number of carbonyl (C=O) groups excluding carboxylic acids is 1. The van der Waals surface area contributed by atoms with Crippen LogP contribution in [0.2, 0.25) is 0 Å². The minimum atomic E-state index is -0.141. The van der Waals surface area contributed by atoms with Gasteiger partial charge in [0.15, 0.2) is 5.82 Å². The number of hydrogen-bond donors (Lipinski definition) is 2. The molecule has 0 unspecified atom stereocenters. The Morgan fingerprint density at radius 3 is 2.91 bits per heavy atom. The molecule has 124 valence electrons. The second-order valence-electron chi connectivity index (χ2n) is 5.72. The van der Waals surface area contributed by atoms with Crippen molar-refractivity contribution in [1.82, 2.24) is 15.5 Å². The Balaban J connectivity index is 0.00000192. The van der Waals surface area contributed by atoms with Crippen LogP contribution in [0.25, 0.3) is 0 Å². The lowest BCUT2D eigenvalue weighted by molar-refractivity contribution is -0.115. The van der Waals surface area contributed by atoms with E-state index in [0.717, 1.165) is 25.1 Å². The Morgan fingerprint density at radius 1 is 1.39 bits per heavy atom. The molecule has 23 heavy (non-hydrogen) atoms. The second-order valence-corrected chi connectivity index (χ2v) is 5.72. The molecule has 2 heterocycles. The minimum Gasteiger partial charge on any atom is -0.339 e. The third-order valence-electron chi connectivity index (χ3n) is 3.83. The summed E-state index contributed by atoms with van der Waals surface area (Å²) in [5.41, 5.74) is 0.767. The Labute approximate surface area is 141 Å². The summed E-state index contributed by atoms with van der Waals surface area (Å²) in [5.74, 6) is 1.23. The van der Waals surface area contributed by atoms with Crippen LogP contribution in [0.15, 0.2) is 34.9 Å². The van der Waals surface area contributed by atoms with Gasteiger partial charge in [-0.05, 0) is 38.4 Å². The van der Waals surface area contributed by atoms with Crippen LogP contribution in [0.1, 0.15) is 37.4 Å². The predicted molar refractivity (Wildman–Crippen MR) is 89.8 cm³/mol. The van der Waals surface area contributed by atoms with Crippen molar-refractivity contribution in [2.24, 2.45) is 0 Å². The zero-order valence-corrected chi connectivity index (χ0v) is 13.8. The number of hydrogen-bond acceptors (Lipinski definition) is 5. The molecule has 1 aliphatic rings. The second kappa shape index (κ2) is 8.08. The van der Waals surface area contributed by atoms with Crippen molar-refractivity contribution in [3.8, 4) is 0 Å². The van der Waals surface area contributed by atoms with Crippen LogP contribution >= 0.6 is 12.4 Å². The topological polar surface area (TPSA) is 80.1 Å². The summed E-state index contributed by atoms with van der Waals surface area (Å²) in [5, 5.41) is 10.1. The molecule has 0 spiro atoms. The standard InChI is InChI=1S/C16H20N4O2.ClH/c1-11-9-12(7-8-17-11)16-19-14(20-22-16)10-15(21)18-13-5-3-2-4-6-13;/h2-6,11-12,17H,7-10H2,1H3,(H,18,21);1H/t11-,12-;/m0./s1. The van der Waals surface area contributed by atoms with Crippen molar-refractivity contribution in [1.29, 1.82) is 0 Å². The number of nitrogens with one attached hydrogen (secondary N) is 2. The maximum atomic E-state index is 12.0. The third-order valence-corrected chi connectivity index (χ3v) is 3.83. The van der Waals surface area contributed by atoms with Gasteiger partial charge in [-0.15, -0.1) is 12.4 Å². The fraction of sp³-hybridized carbons (Fsp3) is 0.438. The van der Waals surface area contributed by atoms with Crippen LogP contribution < -0.4 is 10.6 Å². The smallest absolute Gasteiger partial charge is 0.232 e. The molecule has 2 N–H and O–H groups in total. The van der Waals surface area contributed by atoms with Crippen LogP contribution in [-0.4, -0.2) is 28.6 Å². The van der Waals surface area contributed by atoms with Crippen LogP contribution in [0, 0.1) is 0 Å². The van der Waals surface area contributed by atoms with E-state index >= 15 is 0 Å². The van der Waals surface area contributed by atoms with Gasteiger partial charge in [-0.1, -0.05) is 23.4 Å². The highest BCUT2D eigenvalue weighted by Crippen LogP contribution is 2.26. The van der Waals surface area contributed by atoms with Crippen molar-refractivity contribution >= 4 is 24.0 Å². The number of nitrogens with zero attached hydrogens (tertiary/aromatic N) is 2. The monoisotopic (exact) mass is 336 g/mol. The van der Waals surface area contributed by atoms with E-state index < -0.39 is 0 Å². The lowest BCUT2D eigenvalue weighted by atomic mass is 9.93. The molecular formula is C16H21ClN4O2. The van der Waals surface area contributed by atoms with Crippen molar-refractivity contribution in [2.45, 2.75) is 38.1 Å². The SMILES string of the molecule is C[C@H]1C[C@@H](c2nc(CC(=O)Nc3ccccc3)no2)CCN1.Cl. The van der Waals surface area contributed by atoms with E-state index in [1.807, 2.05) is 30.3 Å². The molecular weight excluding hydrogens is 316 g/mol. The molecule has 2 atom stereocenters. The number of amides is 1. The third kappa shape index (κ3) is 4.77. The van der Waals surface area contributed by atoms with Gasteiger partial charge in [0, 0.05) is 17.6 Å². The predicted octanol–water partition coefficient (Wildman–Crippen LogP) is 2.53. The number of aromatic nitrogens is 2. The Hall–Kier alpha value is -1.92. The van der Waals surface area contributed by atoms with Gasteiger partial charge in [0.05, 0.1) is 6.42 Å². The Kier molecular flexibility index (Phi) is 6.12. The normalized spacial score (nSPS) is 20.6. The van der Waals surface area contributed by atoms with Gasteiger partial charge < -0.3 is 15.2 Å². The molecule has 0 aliphatic carbocycles. The maximum Gasteiger partial charge on any atom is 0.232 e. The summed E-state index contributed by atoms with van der Waals surface area (Å²) in [7, 11) is 0. The zero-order chi connectivity index (χ0) is 15.4. The van der Waals surface area contributed by atoms with E-state index in [9.17, 15) is 4.79 Å². The molecule has 1 amide bonds. The number of piperidine rings is 1. The number of anilines is 1. The molecule has 3 rings (SSSR count). The van der Waals surface area contributed by atoms with E-state index in [2.05, 4.69) is 27.7 Å². The highest BCUT2D eigenvalue weighted by molar-refractivity contribution is 5.91. The van der Waals surface area contributed by atoms with Crippen molar-refractivity contribution < 1.29 is 9.32 Å². The van der Waals surface area contributed by atoms with Crippen LogP contribution in [0.4, 0.5) is 5.69 Å².